The summed E-state index contributed by atoms with van der Waals surface area (Å²) in [6.45, 7) is 5.86. The van der Waals surface area contributed by atoms with Crippen LogP contribution in [0.5, 0.6) is 0 Å². The Balaban J connectivity index is 0.00000121. The molecule has 0 bridgehead atoms. The monoisotopic (exact) mass is 368 g/mol. The molecule has 1 atom stereocenters. The number of nitrogens with zero attached hydrogens (tertiary/aromatic N) is 1. The van der Waals surface area contributed by atoms with Crippen molar-refractivity contribution in [3.05, 3.63) is 34.1 Å². The van der Waals surface area contributed by atoms with Gasteiger partial charge in [-0.1, -0.05) is 30.5 Å². The quantitative estimate of drug-likeness (QED) is 0.847. The number of rotatable bonds is 4. The predicted molar refractivity (Wildman–Crippen MR) is 95.2 cm³/mol. The average molecular weight is 370 g/mol. The molecule has 2 nitrogen and oxygen atoms in total. The van der Waals surface area contributed by atoms with Crippen LogP contribution in [-0.4, -0.2) is 31.1 Å². The third-order valence-electron chi connectivity index (χ3n) is 4.50. The first-order chi connectivity index (χ1) is 9.66. The SMILES string of the molecule is Cc1ccc(F)c([C@@H](CC2CC2)N2CCNCC2)c1Cl.Cl.Cl. The second-order valence-corrected chi connectivity index (χ2v) is 6.45. The van der Waals surface area contributed by atoms with E-state index in [1.54, 1.807) is 12.1 Å². The van der Waals surface area contributed by atoms with Gasteiger partial charge in [0.25, 0.3) is 0 Å². The van der Waals surface area contributed by atoms with E-state index >= 15 is 0 Å². The van der Waals surface area contributed by atoms with Gasteiger partial charge < -0.3 is 5.32 Å². The normalized spacial score (nSPS) is 20.0. The van der Waals surface area contributed by atoms with E-state index in [0.29, 0.717) is 5.02 Å². The van der Waals surface area contributed by atoms with Crippen LogP contribution < -0.4 is 5.32 Å². The number of hydrogen-bond acceptors (Lipinski definition) is 2. The van der Waals surface area contributed by atoms with Crippen molar-refractivity contribution in [3.8, 4) is 0 Å². The summed E-state index contributed by atoms with van der Waals surface area (Å²) in [5.41, 5.74) is 1.69. The first-order valence-electron chi connectivity index (χ1n) is 7.56. The van der Waals surface area contributed by atoms with Crippen molar-refractivity contribution in [1.82, 2.24) is 10.2 Å². The lowest BCUT2D eigenvalue weighted by molar-refractivity contribution is 0.157. The lowest BCUT2D eigenvalue weighted by Gasteiger charge is -2.36. The Morgan fingerprint density at radius 1 is 1.27 bits per heavy atom. The highest BCUT2D eigenvalue weighted by Gasteiger charge is 2.33. The molecule has 1 N–H and O–H groups in total. The molecule has 0 spiro atoms. The van der Waals surface area contributed by atoms with Gasteiger partial charge >= 0.3 is 0 Å². The van der Waals surface area contributed by atoms with Crippen molar-refractivity contribution in [1.29, 1.82) is 0 Å². The summed E-state index contributed by atoms with van der Waals surface area (Å²) < 4.78 is 14.4. The largest absolute Gasteiger partial charge is 0.314 e. The first kappa shape index (κ1) is 20.0. The van der Waals surface area contributed by atoms with Crippen molar-refractivity contribution in [3.63, 3.8) is 0 Å². The van der Waals surface area contributed by atoms with Gasteiger partial charge in [-0.15, -0.1) is 24.8 Å². The Bertz CT molecular complexity index is 489. The molecule has 0 amide bonds. The molecule has 1 saturated heterocycles. The average Bonchev–Trinajstić information content (AvgIpc) is 3.27. The molecule has 3 rings (SSSR count). The minimum Gasteiger partial charge on any atom is -0.314 e. The first-order valence-corrected chi connectivity index (χ1v) is 7.94. The van der Waals surface area contributed by atoms with E-state index in [1.165, 1.54) is 12.8 Å². The highest BCUT2D eigenvalue weighted by Crippen LogP contribution is 2.43. The predicted octanol–water partition coefficient (Wildman–Crippen LogP) is 4.38. The maximum absolute atomic E-state index is 14.4. The van der Waals surface area contributed by atoms with E-state index in [0.717, 1.165) is 49.6 Å². The summed E-state index contributed by atoms with van der Waals surface area (Å²) in [6, 6.07) is 3.48. The van der Waals surface area contributed by atoms with E-state index in [1.807, 2.05) is 6.92 Å². The van der Waals surface area contributed by atoms with Crippen molar-refractivity contribution in [2.75, 3.05) is 26.2 Å². The van der Waals surface area contributed by atoms with Gasteiger partial charge in [0.15, 0.2) is 0 Å². The standard InChI is InChI=1S/C16H22ClFN2.2ClH/c1-11-2-5-13(18)15(16(11)17)14(10-12-3-4-12)20-8-6-19-7-9-20;;/h2,5,12,14,19H,3-4,6-10H2,1H3;2*1H/t14-;;/m1../s1. The lowest BCUT2D eigenvalue weighted by Crippen LogP contribution is -2.45. The molecule has 126 valence electrons. The molecule has 6 heteroatoms. The number of benzene rings is 1. The molecule has 1 saturated carbocycles. The van der Waals surface area contributed by atoms with E-state index in [-0.39, 0.29) is 36.7 Å². The smallest absolute Gasteiger partial charge is 0.129 e. The van der Waals surface area contributed by atoms with Gasteiger partial charge in [-0.25, -0.2) is 4.39 Å². The van der Waals surface area contributed by atoms with Crippen molar-refractivity contribution in [2.24, 2.45) is 5.92 Å². The third kappa shape index (κ3) is 4.48. The lowest BCUT2D eigenvalue weighted by atomic mass is 9.96. The summed E-state index contributed by atoms with van der Waals surface area (Å²) in [4.78, 5) is 2.40. The van der Waals surface area contributed by atoms with E-state index in [9.17, 15) is 4.39 Å². The Labute approximate surface area is 149 Å². The molecular weight excluding hydrogens is 346 g/mol. The molecule has 1 heterocycles. The van der Waals surface area contributed by atoms with Gasteiger partial charge in [0.05, 0.1) is 5.02 Å². The van der Waals surface area contributed by atoms with Gasteiger partial charge in [-0.3, -0.25) is 4.90 Å². The van der Waals surface area contributed by atoms with Gasteiger partial charge in [-0.05, 0) is 30.9 Å². The highest BCUT2D eigenvalue weighted by molar-refractivity contribution is 6.32. The van der Waals surface area contributed by atoms with Crippen LogP contribution in [-0.2, 0) is 0 Å². The van der Waals surface area contributed by atoms with Crippen molar-refractivity contribution < 1.29 is 4.39 Å². The second kappa shape index (κ2) is 8.70. The van der Waals surface area contributed by atoms with Crippen LogP contribution in [0.1, 0.15) is 36.4 Å². The number of halogens is 4. The summed E-state index contributed by atoms with van der Waals surface area (Å²) in [5, 5.41) is 3.98. The topological polar surface area (TPSA) is 15.3 Å². The maximum Gasteiger partial charge on any atom is 0.129 e. The van der Waals surface area contributed by atoms with Crippen molar-refractivity contribution in [2.45, 2.75) is 32.2 Å². The summed E-state index contributed by atoms with van der Waals surface area (Å²) in [6.07, 6.45) is 3.61. The zero-order valence-corrected chi connectivity index (χ0v) is 15.2. The Hall–Kier alpha value is -0.0600. The summed E-state index contributed by atoms with van der Waals surface area (Å²) in [7, 11) is 0. The summed E-state index contributed by atoms with van der Waals surface area (Å²) in [5.74, 6) is 0.607. The van der Waals surface area contributed by atoms with E-state index in [4.69, 9.17) is 11.6 Å². The second-order valence-electron chi connectivity index (χ2n) is 6.07. The van der Waals surface area contributed by atoms with Crippen LogP contribution in [0.25, 0.3) is 0 Å². The number of hydrogen-bond donors (Lipinski definition) is 1. The minimum atomic E-state index is -0.148. The maximum atomic E-state index is 14.4. The van der Waals surface area contributed by atoms with Crippen LogP contribution >= 0.6 is 36.4 Å². The van der Waals surface area contributed by atoms with Crippen molar-refractivity contribution >= 4 is 36.4 Å². The van der Waals surface area contributed by atoms with Gasteiger partial charge in [0, 0.05) is 37.8 Å². The molecule has 2 aliphatic rings. The van der Waals surface area contributed by atoms with Crippen LogP contribution in [0.15, 0.2) is 12.1 Å². The number of nitrogens with one attached hydrogen (secondary N) is 1. The summed E-state index contributed by atoms with van der Waals surface area (Å²) >= 11 is 6.43. The van der Waals surface area contributed by atoms with Crippen LogP contribution in [0.4, 0.5) is 4.39 Å². The molecule has 1 aliphatic carbocycles. The number of aryl methyl sites for hydroxylation is 1. The molecular formula is C16H24Cl3FN2. The van der Waals surface area contributed by atoms with Crippen LogP contribution in [0.3, 0.4) is 0 Å². The molecule has 0 radical (unpaired) electrons. The molecule has 0 unspecified atom stereocenters. The Morgan fingerprint density at radius 3 is 2.50 bits per heavy atom. The van der Waals surface area contributed by atoms with Crippen LogP contribution in [0, 0.1) is 18.7 Å². The van der Waals surface area contributed by atoms with Gasteiger partial charge in [-0.2, -0.15) is 0 Å². The molecule has 1 aliphatic heterocycles. The fourth-order valence-electron chi connectivity index (χ4n) is 3.10. The molecule has 22 heavy (non-hydrogen) atoms. The fraction of sp³-hybridized carbons (Fsp3) is 0.625. The number of piperazine rings is 1. The van der Waals surface area contributed by atoms with Gasteiger partial charge in [0.1, 0.15) is 5.82 Å². The molecule has 1 aromatic rings. The molecule has 2 fully saturated rings. The van der Waals surface area contributed by atoms with Gasteiger partial charge in [0.2, 0.25) is 0 Å². The van der Waals surface area contributed by atoms with E-state index < -0.39 is 0 Å². The van der Waals surface area contributed by atoms with E-state index in [2.05, 4.69) is 10.2 Å². The Kier molecular flexibility index (Phi) is 7.90. The minimum absolute atomic E-state index is 0. The molecule has 0 aromatic heterocycles. The Morgan fingerprint density at radius 2 is 1.91 bits per heavy atom. The zero-order chi connectivity index (χ0) is 14.1. The zero-order valence-electron chi connectivity index (χ0n) is 12.8. The highest BCUT2D eigenvalue weighted by atomic mass is 35.5. The third-order valence-corrected chi connectivity index (χ3v) is 5.00. The molecule has 1 aromatic carbocycles. The van der Waals surface area contributed by atoms with Crippen LogP contribution in [0.2, 0.25) is 5.02 Å². The fourth-order valence-corrected chi connectivity index (χ4v) is 3.38.